The molecular weight excluding hydrogens is 302 g/mol. The first-order chi connectivity index (χ1) is 11.6. The molecule has 2 aliphatic rings. The van der Waals surface area contributed by atoms with Gasteiger partial charge in [0.25, 0.3) is 0 Å². The van der Waals surface area contributed by atoms with Gasteiger partial charge in [-0.1, -0.05) is 0 Å². The van der Waals surface area contributed by atoms with Crippen LogP contribution in [0.15, 0.2) is 0 Å². The van der Waals surface area contributed by atoms with Crippen LogP contribution in [0.25, 0.3) is 0 Å². The summed E-state index contributed by atoms with van der Waals surface area (Å²) in [5.41, 5.74) is 0. The van der Waals surface area contributed by atoms with E-state index < -0.39 is 0 Å². The van der Waals surface area contributed by atoms with Gasteiger partial charge in [-0.15, -0.1) is 0 Å². The number of piperidine rings is 2. The van der Waals surface area contributed by atoms with Gasteiger partial charge in [-0.25, -0.2) is 0 Å². The number of likely N-dealkylation sites (N-methyl/N-ethyl adjacent to an activating group) is 1. The molecule has 0 bridgehead atoms. The lowest BCUT2D eigenvalue weighted by molar-refractivity contribution is -0.138. The summed E-state index contributed by atoms with van der Waals surface area (Å²) in [6.45, 7) is 8.10. The fourth-order valence-electron chi connectivity index (χ4n) is 4.07. The number of ether oxygens (including phenoxy) is 1. The largest absolute Gasteiger partial charge is 0.383 e. The van der Waals surface area contributed by atoms with Crippen molar-refractivity contribution in [3.05, 3.63) is 0 Å². The van der Waals surface area contributed by atoms with Crippen LogP contribution in [0, 0.1) is 11.8 Å². The third kappa shape index (κ3) is 6.34. The molecule has 2 saturated heterocycles. The second-order valence-corrected chi connectivity index (χ2v) is 7.78. The molecule has 1 N–H and O–H groups in total. The highest BCUT2D eigenvalue weighted by Gasteiger charge is 2.30. The zero-order valence-electron chi connectivity index (χ0n) is 15.9. The first-order valence-corrected chi connectivity index (χ1v) is 9.79. The molecule has 0 aromatic carbocycles. The highest BCUT2D eigenvalue weighted by atomic mass is 16.5. The molecule has 0 radical (unpaired) electrons. The number of amides is 1. The Labute approximate surface area is 148 Å². The van der Waals surface area contributed by atoms with Crippen molar-refractivity contribution in [1.82, 2.24) is 15.1 Å². The zero-order valence-corrected chi connectivity index (χ0v) is 15.9. The summed E-state index contributed by atoms with van der Waals surface area (Å²) in [5.74, 6) is 1.48. The molecule has 0 unspecified atom stereocenters. The van der Waals surface area contributed by atoms with Crippen molar-refractivity contribution >= 4 is 5.91 Å². The van der Waals surface area contributed by atoms with E-state index in [1.807, 2.05) is 0 Å². The molecule has 2 fully saturated rings. The maximum absolute atomic E-state index is 12.7. The normalized spacial score (nSPS) is 26.1. The Balaban J connectivity index is 1.61. The number of hydrogen-bond donors (Lipinski definition) is 1. The fraction of sp³-hybridized carbons (Fsp3) is 0.947. The Morgan fingerprint density at radius 3 is 2.67 bits per heavy atom. The number of rotatable bonds is 8. The minimum absolute atomic E-state index is 0.257. The van der Waals surface area contributed by atoms with E-state index in [4.69, 9.17) is 4.74 Å². The van der Waals surface area contributed by atoms with Crippen LogP contribution < -0.4 is 5.32 Å². The molecule has 2 rings (SSSR count). The summed E-state index contributed by atoms with van der Waals surface area (Å²) in [4.78, 5) is 17.2. The van der Waals surface area contributed by atoms with Gasteiger partial charge < -0.3 is 19.9 Å². The van der Waals surface area contributed by atoms with Crippen LogP contribution in [0.3, 0.4) is 0 Å². The van der Waals surface area contributed by atoms with Crippen molar-refractivity contribution in [1.29, 1.82) is 0 Å². The van der Waals surface area contributed by atoms with Crippen LogP contribution >= 0.6 is 0 Å². The molecule has 5 heteroatoms. The van der Waals surface area contributed by atoms with Crippen molar-refractivity contribution in [3.8, 4) is 0 Å². The first kappa shape index (κ1) is 19.7. The maximum atomic E-state index is 12.7. The number of likely N-dealkylation sites (tertiary alicyclic amines) is 1. The lowest BCUT2D eigenvalue weighted by Crippen LogP contribution is -2.46. The van der Waals surface area contributed by atoms with E-state index in [2.05, 4.69) is 29.1 Å². The van der Waals surface area contributed by atoms with Crippen LogP contribution in [0.1, 0.15) is 45.4 Å². The number of nitrogens with zero attached hydrogens (tertiary/aromatic N) is 2. The van der Waals surface area contributed by atoms with Crippen molar-refractivity contribution < 1.29 is 9.53 Å². The van der Waals surface area contributed by atoms with Gasteiger partial charge in [0.05, 0.1) is 6.61 Å². The van der Waals surface area contributed by atoms with Crippen LogP contribution in [-0.2, 0) is 9.53 Å². The lowest BCUT2D eigenvalue weighted by Gasteiger charge is -2.36. The Hall–Kier alpha value is -0.650. The predicted octanol–water partition coefficient (Wildman–Crippen LogP) is 1.97. The van der Waals surface area contributed by atoms with E-state index in [1.54, 1.807) is 7.11 Å². The summed E-state index contributed by atoms with van der Waals surface area (Å²) in [6, 6.07) is 0.486. The average molecular weight is 340 g/mol. The second-order valence-electron chi connectivity index (χ2n) is 7.78. The summed E-state index contributed by atoms with van der Waals surface area (Å²) >= 11 is 0. The average Bonchev–Trinajstić information content (AvgIpc) is 2.60. The van der Waals surface area contributed by atoms with E-state index in [0.717, 1.165) is 58.1 Å². The molecule has 2 heterocycles. The lowest BCUT2D eigenvalue weighted by atomic mass is 9.88. The smallest absolute Gasteiger partial charge is 0.225 e. The molecule has 140 valence electrons. The Morgan fingerprint density at radius 2 is 2.00 bits per heavy atom. The standard InChI is InChI=1S/C19H37N3O2/c1-16-15-18(6-9-20-16)19(23)22-11-7-17(8-12-22)5-4-10-21(2)13-14-24-3/h16-18,20H,4-15H2,1-3H3/t16-,18-/m0/s1. The van der Waals surface area contributed by atoms with E-state index >= 15 is 0 Å². The number of nitrogens with one attached hydrogen (secondary N) is 1. The molecule has 2 aliphatic heterocycles. The van der Waals surface area contributed by atoms with Gasteiger partial charge in [0.1, 0.15) is 0 Å². The van der Waals surface area contributed by atoms with Gasteiger partial charge in [-0.05, 0) is 71.5 Å². The number of methoxy groups -OCH3 is 1. The zero-order chi connectivity index (χ0) is 17.4. The molecule has 0 aromatic rings. The van der Waals surface area contributed by atoms with Gasteiger partial charge in [0.2, 0.25) is 5.91 Å². The molecule has 5 nitrogen and oxygen atoms in total. The Morgan fingerprint density at radius 1 is 1.25 bits per heavy atom. The number of carbonyl (C=O) groups excluding carboxylic acids is 1. The Bertz CT molecular complexity index is 370. The van der Waals surface area contributed by atoms with Crippen molar-refractivity contribution in [2.45, 2.75) is 51.5 Å². The van der Waals surface area contributed by atoms with Crippen LogP contribution in [0.4, 0.5) is 0 Å². The summed E-state index contributed by atoms with van der Waals surface area (Å²) in [7, 11) is 3.92. The van der Waals surface area contributed by atoms with Crippen LogP contribution in [-0.4, -0.2) is 75.2 Å². The highest BCUT2D eigenvalue weighted by Crippen LogP contribution is 2.25. The Kier molecular flexibility index (Phi) is 8.50. The molecule has 0 spiro atoms. The van der Waals surface area contributed by atoms with Crippen molar-refractivity contribution in [3.63, 3.8) is 0 Å². The van der Waals surface area contributed by atoms with Gasteiger partial charge in [0, 0.05) is 38.7 Å². The van der Waals surface area contributed by atoms with E-state index in [0.29, 0.717) is 11.9 Å². The van der Waals surface area contributed by atoms with Gasteiger partial charge in [-0.3, -0.25) is 4.79 Å². The molecule has 24 heavy (non-hydrogen) atoms. The summed E-state index contributed by atoms with van der Waals surface area (Å²) in [5, 5.41) is 3.44. The van der Waals surface area contributed by atoms with Gasteiger partial charge in [-0.2, -0.15) is 0 Å². The van der Waals surface area contributed by atoms with Crippen molar-refractivity contribution in [2.24, 2.45) is 11.8 Å². The molecule has 2 atom stereocenters. The van der Waals surface area contributed by atoms with Gasteiger partial charge in [0.15, 0.2) is 0 Å². The van der Waals surface area contributed by atoms with Crippen LogP contribution in [0.2, 0.25) is 0 Å². The minimum atomic E-state index is 0.257. The molecule has 1 amide bonds. The third-order valence-corrected chi connectivity index (χ3v) is 5.73. The molecule has 0 aliphatic carbocycles. The monoisotopic (exact) mass is 339 g/mol. The number of hydrogen-bond acceptors (Lipinski definition) is 4. The van der Waals surface area contributed by atoms with E-state index in [9.17, 15) is 4.79 Å². The van der Waals surface area contributed by atoms with Crippen molar-refractivity contribution in [2.75, 3.05) is 53.5 Å². The number of carbonyl (C=O) groups is 1. The third-order valence-electron chi connectivity index (χ3n) is 5.73. The topological polar surface area (TPSA) is 44.8 Å². The predicted molar refractivity (Wildman–Crippen MR) is 98.1 cm³/mol. The quantitative estimate of drug-likeness (QED) is 0.734. The van der Waals surface area contributed by atoms with Gasteiger partial charge >= 0.3 is 0 Å². The minimum Gasteiger partial charge on any atom is -0.383 e. The second kappa shape index (κ2) is 10.4. The summed E-state index contributed by atoms with van der Waals surface area (Å²) < 4.78 is 5.12. The highest BCUT2D eigenvalue weighted by molar-refractivity contribution is 5.79. The fourth-order valence-corrected chi connectivity index (χ4v) is 4.07. The first-order valence-electron chi connectivity index (χ1n) is 9.79. The van der Waals surface area contributed by atoms with E-state index in [1.165, 1.54) is 25.7 Å². The summed E-state index contributed by atoms with van der Waals surface area (Å²) in [6.07, 6.45) is 6.94. The van der Waals surface area contributed by atoms with Crippen LogP contribution in [0.5, 0.6) is 0 Å². The van der Waals surface area contributed by atoms with E-state index in [-0.39, 0.29) is 5.92 Å². The maximum Gasteiger partial charge on any atom is 0.225 e. The molecular formula is C19H37N3O2. The molecule has 0 saturated carbocycles. The molecule has 0 aromatic heterocycles. The SMILES string of the molecule is COCCN(C)CCCC1CCN(C(=O)[C@H]2CCN[C@@H](C)C2)CC1.